The van der Waals surface area contributed by atoms with Crippen LogP contribution < -0.4 is 5.19 Å². The van der Waals surface area contributed by atoms with Gasteiger partial charge in [0.1, 0.15) is 0 Å². The maximum absolute atomic E-state index is 7.03. The minimum Gasteiger partial charge on any atom is -0.452 e. The fourth-order valence-corrected chi connectivity index (χ4v) is 12.9. The van der Waals surface area contributed by atoms with Crippen LogP contribution >= 0.6 is 0 Å². The largest absolute Gasteiger partial charge is 0.452 e. The van der Waals surface area contributed by atoms with Crippen LogP contribution in [0.25, 0.3) is 0 Å². The molecule has 0 saturated carbocycles. The Bertz CT molecular complexity index is 622. The molecule has 0 aliphatic carbocycles. The van der Waals surface area contributed by atoms with Gasteiger partial charge in [-0.2, -0.15) is 0 Å². The van der Waals surface area contributed by atoms with Crippen molar-refractivity contribution < 1.29 is 4.12 Å². The van der Waals surface area contributed by atoms with Gasteiger partial charge in [-0.15, -0.1) is 0 Å². The van der Waals surface area contributed by atoms with E-state index in [1.807, 2.05) is 0 Å². The second-order valence-electron chi connectivity index (χ2n) is 7.72. The average Bonchev–Trinajstić information content (AvgIpc) is 2.55. The highest BCUT2D eigenvalue weighted by Crippen LogP contribution is 2.24. The summed E-state index contributed by atoms with van der Waals surface area (Å²) in [6.45, 7) is 11.6. The van der Waals surface area contributed by atoms with E-state index in [1.165, 1.54) is 35.2 Å². The molecule has 0 N–H and O–H groups in total. The van der Waals surface area contributed by atoms with Crippen LogP contribution in [0.4, 0.5) is 0 Å². The van der Waals surface area contributed by atoms with Crippen LogP contribution in [0.1, 0.15) is 30.9 Å². The molecule has 130 valence electrons. The predicted octanol–water partition coefficient (Wildman–Crippen LogP) is 5.58. The fourth-order valence-electron chi connectivity index (χ4n) is 3.40. The number of aryl methyl sites for hydroxylation is 1. The summed E-state index contributed by atoms with van der Waals surface area (Å²) in [5.41, 5.74) is 2.74. The first-order chi connectivity index (χ1) is 11.3. The van der Waals surface area contributed by atoms with E-state index < -0.39 is 16.6 Å². The molecule has 0 aliphatic heterocycles. The molecule has 0 spiro atoms. The monoisotopic (exact) mass is 356 g/mol. The number of unbranched alkanes of at least 4 members (excludes halogenated alkanes) is 1. The van der Waals surface area contributed by atoms with Crippen LogP contribution in [-0.4, -0.2) is 16.6 Å². The molecule has 1 nitrogen and oxygen atoms in total. The summed E-state index contributed by atoms with van der Waals surface area (Å²) in [5.74, 6) is 0. The van der Waals surface area contributed by atoms with Crippen LogP contribution in [0.2, 0.25) is 25.7 Å². The molecule has 0 saturated heterocycles. The Hall–Kier alpha value is -1.17. The molecule has 0 bridgehead atoms. The summed E-state index contributed by atoms with van der Waals surface area (Å²) in [6.07, 6.45) is 2.49. The lowest BCUT2D eigenvalue weighted by molar-refractivity contribution is 0.540. The summed E-state index contributed by atoms with van der Waals surface area (Å²) in [4.78, 5) is 0. The zero-order valence-electron chi connectivity index (χ0n) is 15.9. The lowest BCUT2D eigenvalue weighted by Crippen LogP contribution is -2.55. The molecular weight excluding hydrogens is 324 g/mol. The molecular formula is C21H32OSi2. The first-order valence-electron chi connectivity index (χ1n) is 9.16. The lowest BCUT2D eigenvalue weighted by atomic mass is 10.2. The molecule has 3 heteroatoms. The van der Waals surface area contributed by atoms with Crippen molar-refractivity contribution in [1.82, 2.24) is 0 Å². The highest BCUT2D eigenvalue weighted by molar-refractivity contribution is 6.93. The van der Waals surface area contributed by atoms with E-state index >= 15 is 0 Å². The molecule has 2 rings (SSSR count). The zero-order chi connectivity index (χ0) is 17.6. The third kappa shape index (κ3) is 5.43. The maximum Gasteiger partial charge on any atom is 0.209 e. The molecule has 0 aliphatic rings. The molecule has 0 fully saturated rings. The van der Waals surface area contributed by atoms with E-state index in [1.54, 1.807) is 0 Å². The number of benzene rings is 2. The van der Waals surface area contributed by atoms with Crippen LogP contribution in [0.5, 0.6) is 0 Å². The predicted molar refractivity (Wildman–Crippen MR) is 111 cm³/mol. The van der Waals surface area contributed by atoms with Crippen molar-refractivity contribution >= 4 is 21.8 Å². The molecule has 0 amide bonds. The third-order valence-electron chi connectivity index (χ3n) is 4.64. The Kier molecular flexibility index (Phi) is 6.61. The van der Waals surface area contributed by atoms with Crippen molar-refractivity contribution in [3.05, 3.63) is 65.7 Å². The van der Waals surface area contributed by atoms with E-state index in [2.05, 4.69) is 88.1 Å². The van der Waals surface area contributed by atoms with Gasteiger partial charge < -0.3 is 4.12 Å². The van der Waals surface area contributed by atoms with Gasteiger partial charge in [0, 0.05) is 0 Å². The Balaban J connectivity index is 2.19. The fraction of sp³-hybridized carbons (Fsp3) is 0.429. The first-order valence-corrected chi connectivity index (χ1v) is 14.9. The van der Waals surface area contributed by atoms with Gasteiger partial charge in [-0.05, 0) is 49.4 Å². The Labute approximate surface area is 150 Å². The summed E-state index contributed by atoms with van der Waals surface area (Å²) in [7, 11) is -3.65. The standard InChI is InChI=1S/C21H32OSi2/c1-6-7-17-24(5,21-11-9-8-10-12-21)22-23(3,4)18-20-15-13-19(2)14-16-20/h8-16H,6-7,17-18H2,1-5H3. The van der Waals surface area contributed by atoms with E-state index in [-0.39, 0.29) is 0 Å². The SMILES string of the molecule is CCCC[Si](C)(O[Si](C)(C)Cc1ccc(C)cc1)c1ccccc1. The van der Waals surface area contributed by atoms with E-state index in [0.29, 0.717) is 0 Å². The molecule has 0 radical (unpaired) electrons. The summed E-state index contributed by atoms with van der Waals surface area (Å²) < 4.78 is 7.03. The second-order valence-corrected chi connectivity index (χ2v) is 16.0. The van der Waals surface area contributed by atoms with Gasteiger partial charge in [0.05, 0.1) is 0 Å². The van der Waals surface area contributed by atoms with Crippen LogP contribution in [0, 0.1) is 6.92 Å². The van der Waals surface area contributed by atoms with E-state index in [9.17, 15) is 0 Å². The number of hydrogen-bond donors (Lipinski definition) is 0. The molecule has 1 atom stereocenters. The van der Waals surface area contributed by atoms with Crippen LogP contribution in [0.15, 0.2) is 54.6 Å². The van der Waals surface area contributed by atoms with E-state index in [0.717, 1.165) is 6.04 Å². The van der Waals surface area contributed by atoms with Crippen molar-refractivity contribution in [1.29, 1.82) is 0 Å². The topological polar surface area (TPSA) is 9.23 Å². The summed E-state index contributed by atoms with van der Waals surface area (Å²) in [6, 6.07) is 22.2. The first kappa shape index (κ1) is 19.2. The van der Waals surface area contributed by atoms with Crippen molar-refractivity contribution in [2.75, 3.05) is 0 Å². The Morgan fingerprint density at radius 2 is 1.50 bits per heavy atom. The van der Waals surface area contributed by atoms with Crippen LogP contribution in [0.3, 0.4) is 0 Å². The lowest BCUT2D eigenvalue weighted by Gasteiger charge is -2.37. The minimum absolute atomic E-state index is 1.09. The zero-order valence-corrected chi connectivity index (χ0v) is 17.9. The van der Waals surface area contributed by atoms with Gasteiger partial charge in [-0.25, -0.2) is 0 Å². The minimum atomic E-state index is -1.88. The normalized spacial score (nSPS) is 14.4. The van der Waals surface area contributed by atoms with Crippen molar-refractivity contribution in [2.24, 2.45) is 0 Å². The highest BCUT2D eigenvalue weighted by atomic mass is 28.4. The van der Waals surface area contributed by atoms with Gasteiger partial charge in [0.2, 0.25) is 8.32 Å². The van der Waals surface area contributed by atoms with Crippen molar-refractivity contribution in [2.45, 2.75) is 58.4 Å². The van der Waals surface area contributed by atoms with Gasteiger partial charge in [-0.1, -0.05) is 79.9 Å². The molecule has 1 unspecified atom stereocenters. The maximum atomic E-state index is 7.03. The Morgan fingerprint density at radius 1 is 0.875 bits per heavy atom. The van der Waals surface area contributed by atoms with Gasteiger partial charge in [0.25, 0.3) is 0 Å². The highest BCUT2D eigenvalue weighted by Gasteiger charge is 2.37. The summed E-state index contributed by atoms with van der Waals surface area (Å²) >= 11 is 0. The molecule has 2 aromatic carbocycles. The van der Waals surface area contributed by atoms with Gasteiger partial charge in [0.15, 0.2) is 8.32 Å². The quantitative estimate of drug-likeness (QED) is 0.561. The number of rotatable bonds is 8. The van der Waals surface area contributed by atoms with Crippen LogP contribution in [-0.2, 0) is 10.2 Å². The number of hydrogen-bond acceptors (Lipinski definition) is 1. The van der Waals surface area contributed by atoms with Crippen molar-refractivity contribution in [3.63, 3.8) is 0 Å². The smallest absolute Gasteiger partial charge is 0.209 e. The van der Waals surface area contributed by atoms with Gasteiger partial charge >= 0.3 is 0 Å². The average molecular weight is 357 g/mol. The third-order valence-corrected chi connectivity index (χ3v) is 12.8. The van der Waals surface area contributed by atoms with Gasteiger partial charge in [-0.3, -0.25) is 0 Å². The molecule has 0 heterocycles. The van der Waals surface area contributed by atoms with E-state index in [4.69, 9.17) is 4.12 Å². The molecule has 2 aromatic rings. The molecule has 24 heavy (non-hydrogen) atoms. The Morgan fingerprint density at radius 3 is 2.08 bits per heavy atom. The molecule has 0 aromatic heterocycles. The second kappa shape index (κ2) is 8.28. The summed E-state index contributed by atoms with van der Waals surface area (Å²) in [5, 5.41) is 1.45. The van der Waals surface area contributed by atoms with Crippen molar-refractivity contribution in [3.8, 4) is 0 Å².